The van der Waals surface area contributed by atoms with E-state index < -0.39 is 18.1 Å². The first-order chi connectivity index (χ1) is 7.42. The minimum absolute atomic E-state index is 0.115. The highest BCUT2D eigenvalue weighted by molar-refractivity contribution is 5.98. The highest BCUT2D eigenvalue weighted by Gasteiger charge is 2.25. The van der Waals surface area contributed by atoms with Crippen LogP contribution in [0.2, 0.25) is 0 Å². The first-order valence-corrected chi connectivity index (χ1v) is 4.03. The molecule has 1 atom stereocenters. The molecular weight excluding hydrogens is 225 g/mol. The summed E-state index contributed by atoms with van der Waals surface area (Å²) in [7, 11) is 0. The zero-order valence-corrected chi connectivity index (χ0v) is 7.73. The molecule has 1 aliphatic rings. The van der Waals surface area contributed by atoms with Gasteiger partial charge >= 0.3 is 6.18 Å². The maximum atomic E-state index is 11.6. The van der Waals surface area contributed by atoms with Crippen LogP contribution < -0.4 is 0 Å². The van der Waals surface area contributed by atoms with Gasteiger partial charge in [0, 0.05) is 6.08 Å². The zero-order valence-electron chi connectivity index (χ0n) is 7.73. The van der Waals surface area contributed by atoms with Gasteiger partial charge in [0.05, 0.1) is 11.6 Å². The summed E-state index contributed by atoms with van der Waals surface area (Å²) in [6, 6.07) is 1.71. The summed E-state index contributed by atoms with van der Waals surface area (Å²) in [5, 5.41) is 11.1. The van der Waals surface area contributed by atoms with Crippen LogP contribution in [0, 0.1) is 11.3 Å². The second-order valence-electron chi connectivity index (χ2n) is 2.78. The van der Waals surface area contributed by atoms with Crippen molar-refractivity contribution in [1.82, 2.24) is 0 Å². The summed E-state index contributed by atoms with van der Waals surface area (Å²) >= 11 is 0. The number of allylic oxidation sites excluding steroid dienone is 2. The normalized spacial score (nSPS) is 20.8. The van der Waals surface area contributed by atoms with Gasteiger partial charge in [-0.15, -0.1) is 0 Å². The van der Waals surface area contributed by atoms with Crippen molar-refractivity contribution in [3.05, 3.63) is 23.8 Å². The third kappa shape index (κ3) is 3.57. The summed E-state index contributed by atoms with van der Waals surface area (Å²) in [6.07, 6.45) is -2.75. The van der Waals surface area contributed by atoms with E-state index in [1.54, 1.807) is 6.07 Å². The third-order valence-corrected chi connectivity index (χ3v) is 1.53. The van der Waals surface area contributed by atoms with Crippen molar-refractivity contribution in [3.8, 4) is 6.07 Å². The number of hydrogen-bond acceptors (Lipinski definition) is 4. The average molecular weight is 230 g/mol. The van der Waals surface area contributed by atoms with E-state index in [0.29, 0.717) is 0 Å². The summed E-state index contributed by atoms with van der Waals surface area (Å²) in [6.45, 7) is 0. The number of halogens is 3. The summed E-state index contributed by atoms with van der Waals surface area (Å²) in [5.41, 5.74) is 0.115. The van der Waals surface area contributed by atoms with E-state index in [1.165, 1.54) is 6.08 Å². The molecule has 0 aromatic carbocycles. The molecule has 0 aliphatic heterocycles. The molecule has 0 heterocycles. The maximum Gasteiger partial charge on any atom is 0.429 e. The van der Waals surface area contributed by atoms with Crippen molar-refractivity contribution in [2.45, 2.75) is 12.3 Å². The van der Waals surface area contributed by atoms with Crippen LogP contribution in [0.3, 0.4) is 0 Å². The lowest BCUT2D eigenvalue weighted by atomic mass is 10.1. The quantitative estimate of drug-likeness (QED) is 0.533. The Morgan fingerprint density at radius 3 is 2.75 bits per heavy atom. The van der Waals surface area contributed by atoms with Crippen LogP contribution >= 0.6 is 0 Å². The Balaban J connectivity index is 2.58. The molecule has 16 heavy (non-hydrogen) atoms. The molecule has 0 fully saturated rings. The van der Waals surface area contributed by atoms with Crippen LogP contribution in [0.4, 0.5) is 13.2 Å². The van der Waals surface area contributed by atoms with E-state index in [0.717, 1.165) is 12.2 Å². The molecule has 0 spiro atoms. The molecule has 0 aromatic heterocycles. The average Bonchev–Trinajstić information content (AvgIpc) is 2.18. The fourth-order valence-corrected chi connectivity index (χ4v) is 0.882. The van der Waals surface area contributed by atoms with E-state index in [1.807, 2.05) is 0 Å². The molecule has 84 valence electrons. The topological polar surface area (TPSA) is 62.5 Å². The fraction of sp³-hybridized carbons (Fsp3) is 0.222. The Morgan fingerprint density at radius 1 is 1.56 bits per heavy atom. The molecule has 1 aliphatic carbocycles. The molecule has 1 unspecified atom stereocenters. The van der Waals surface area contributed by atoms with Gasteiger partial charge in [-0.3, -0.25) is 4.79 Å². The van der Waals surface area contributed by atoms with Gasteiger partial charge in [-0.05, 0) is 12.2 Å². The Labute approximate surface area is 88.3 Å². The van der Waals surface area contributed by atoms with Crippen LogP contribution in [0.1, 0.15) is 0 Å². The Hall–Kier alpha value is -2.10. The first-order valence-electron chi connectivity index (χ1n) is 4.03. The highest BCUT2D eigenvalue weighted by atomic mass is 19.4. The van der Waals surface area contributed by atoms with Gasteiger partial charge in [0.25, 0.3) is 0 Å². The third-order valence-electron chi connectivity index (χ3n) is 1.53. The van der Waals surface area contributed by atoms with Gasteiger partial charge in [0.2, 0.25) is 11.9 Å². The number of ketones is 1. The number of carbonyl (C=O) groups is 1. The lowest BCUT2D eigenvalue weighted by molar-refractivity contribution is -0.123. The predicted molar refractivity (Wildman–Crippen MR) is 47.3 cm³/mol. The van der Waals surface area contributed by atoms with Gasteiger partial charge in [-0.2, -0.15) is 18.4 Å². The van der Waals surface area contributed by atoms with Gasteiger partial charge < -0.3 is 4.84 Å². The number of rotatable bonds is 2. The highest BCUT2D eigenvalue weighted by Crippen LogP contribution is 2.13. The van der Waals surface area contributed by atoms with Gasteiger partial charge in [-0.1, -0.05) is 5.16 Å². The van der Waals surface area contributed by atoms with Crippen molar-refractivity contribution in [3.63, 3.8) is 0 Å². The van der Waals surface area contributed by atoms with E-state index in [2.05, 4.69) is 9.99 Å². The molecule has 0 aromatic rings. The molecule has 0 N–H and O–H groups in total. The van der Waals surface area contributed by atoms with Crippen molar-refractivity contribution < 1.29 is 22.8 Å². The van der Waals surface area contributed by atoms with Crippen LogP contribution in [0.25, 0.3) is 0 Å². The van der Waals surface area contributed by atoms with Crippen LogP contribution in [0.5, 0.6) is 0 Å². The van der Waals surface area contributed by atoms with Crippen LogP contribution in [-0.4, -0.2) is 24.3 Å². The molecule has 0 bridgehead atoms. The Kier molecular flexibility index (Phi) is 3.45. The Bertz CT molecular complexity index is 415. The molecular formula is C9H5F3N2O2. The summed E-state index contributed by atoms with van der Waals surface area (Å²) < 4.78 is 34.9. The summed E-state index contributed by atoms with van der Waals surface area (Å²) in [4.78, 5) is 15.5. The first kappa shape index (κ1) is 12.0. The molecule has 0 radical (unpaired) electrons. The predicted octanol–water partition coefficient (Wildman–Crippen LogP) is 1.51. The van der Waals surface area contributed by atoms with Crippen molar-refractivity contribution in [1.29, 1.82) is 5.26 Å². The standard InChI is InChI=1S/C9H5F3N2O2/c10-9(11,12)5-14-16-8-2-1-6(4-13)3-7(8)15/h1-3,5,8H. The number of nitrogens with zero attached hydrogens (tertiary/aromatic N) is 2. The van der Waals surface area contributed by atoms with Crippen molar-refractivity contribution in [2.75, 3.05) is 0 Å². The van der Waals surface area contributed by atoms with Crippen LogP contribution in [-0.2, 0) is 9.63 Å². The van der Waals surface area contributed by atoms with E-state index in [4.69, 9.17) is 5.26 Å². The number of alkyl halides is 3. The largest absolute Gasteiger partial charge is 0.429 e. The minimum atomic E-state index is -4.59. The van der Waals surface area contributed by atoms with Crippen molar-refractivity contribution in [2.24, 2.45) is 5.16 Å². The summed E-state index contributed by atoms with van der Waals surface area (Å²) in [5.74, 6) is -0.627. The van der Waals surface area contributed by atoms with E-state index >= 15 is 0 Å². The number of oxime groups is 1. The number of carbonyl (C=O) groups excluding carboxylic acids is 1. The van der Waals surface area contributed by atoms with E-state index in [-0.39, 0.29) is 11.8 Å². The smallest absolute Gasteiger partial charge is 0.380 e. The van der Waals surface area contributed by atoms with Gasteiger partial charge in [-0.25, -0.2) is 0 Å². The van der Waals surface area contributed by atoms with Crippen LogP contribution in [0.15, 0.2) is 29.0 Å². The second-order valence-corrected chi connectivity index (χ2v) is 2.78. The Morgan fingerprint density at radius 2 is 2.25 bits per heavy atom. The number of nitriles is 1. The monoisotopic (exact) mass is 230 g/mol. The lowest BCUT2D eigenvalue weighted by Crippen LogP contribution is -2.21. The molecule has 4 nitrogen and oxygen atoms in total. The van der Waals surface area contributed by atoms with Crippen molar-refractivity contribution >= 4 is 12.0 Å². The molecule has 0 saturated heterocycles. The maximum absolute atomic E-state index is 11.6. The molecule has 7 heteroatoms. The zero-order chi connectivity index (χ0) is 12.2. The second kappa shape index (κ2) is 4.61. The fourth-order valence-electron chi connectivity index (χ4n) is 0.882. The SMILES string of the molecule is N#CC1=CC(=O)C(ON=CC(F)(F)F)C=C1. The number of hydrogen-bond donors (Lipinski definition) is 0. The van der Waals surface area contributed by atoms with Gasteiger partial charge in [0.1, 0.15) is 6.21 Å². The molecule has 1 rings (SSSR count). The van der Waals surface area contributed by atoms with E-state index in [9.17, 15) is 18.0 Å². The molecule has 0 amide bonds. The van der Waals surface area contributed by atoms with Gasteiger partial charge in [0.15, 0.2) is 0 Å². The molecule has 0 saturated carbocycles. The lowest BCUT2D eigenvalue weighted by Gasteiger charge is -2.10. The minimum Gasteiger partial charge on any atom is -0.380 e.